The Morgan fingerprint density at radius 1 is 1.47 bits per heavy atom. The molecule has 0 fully saturated rings. The molecular weight excluding hydrogens is 192 g/mol. The summed E-state index contributed by atoms with van der Waals surface area (Å²) in [7, 11) is 0. The second kappa shape index (κ2) is 3.72. The van der Waals surface area contributed by atoms with Gasteiger partial charge in [-0.2, -0.15) is 5.26 Å². The van der Waals surface area contributed by atoms with Gasteiger partial charge in [-0.15, -0.1) is 5.10 Å². The third-order valence-corrected chi connectivity index (χ3v) is 1.87. The van der Waals surface area contributed by atoms with Crippen molar-refractivity contribution in [1.29, 1.82) is 5.26 Å². The minimum Gasteiger partial charge on any atom is -0.296 e. The fraction of sp³-hybridized carbons (Fsp3) is 0. The SMILES string of the molecule is N#Cc1cccc(-n2cc(C=O)nn2)c1. The summed E-state index contributed by atoms with van der Waals surface area (Å²) in [6.45, 7) is 0. The minimum atomic E-state index is 0.261. The normalized spacial score (nSPS) is 9.53. The highest BCUT2D eigenvalue weighted by Crippen LogP contribution is 2.08. The van der Waals surface area contributed by atoms with E-state index in [4.69, 9.17) is 5.26 Å². The van der Waals surface area contributed by atoms with E-state index in [1.165, 1.54) is 10.9 Å². The predicted molar refractivity (Wildman–Crippen MR) is 51.5 cm³/mol. The first-order valence-corrected chi connectivity index (χ1v) is 4.21. The zero-order valence-corrected chi connectivity index (χ0v) is 7.66. The fourth-order valence-corrected chi connectivity index (χ4v) is 1.17. The fourth-order valence-electron chi connectivity index (χ4n) is 1.17. The van der Waals surface area contributed by atoms with Gasteiger partial charge in [0, 0.05) is 0 Å². The van der Waals surface area contributed by atoms with Gasteiger partial charge in [0.05, 0.1) is 23.5 Å². The minimum absolute atomic E-state index is 0.261. The summed E-state index contributed by atoms with van der Waals surface area (Å²) in [4.78, 5) is 10.4. The molecule has 0 saturated carbocycles. The Morgan fingerprint density at radius 3 is 3.00 bits per heavy atom. The third-order valence-electron chi connectivity index (χ3n) is 1.87. The van der Waals surface area contributed by atoms with Crippen molar-refractivity contribution in [3.8, 4) is 11.8 Å². The van der Waals surface area contributed by atoms with Gasteiger partial charge in [-0.25, -0.2) is 4.68 Å². The molecule has 5 heteroatoms. The van der Waals surface area contributed by atoms with Crippen molar-refractivity contribution < 1.29 is 4.79 Å². The molecule has 0 N–H and O–H groups in total. The number of hydrogen-bond donors (Lipinski definition) is 0. The average Bonchev–Trinajstić information content (AvgIpc) is 2.78. The monoisotopic (exact) mass is 198 g/mol. The smallest absolute Gasteiger partial charge is 0.171 e. The highest BCUT2D eigenvalue weighted by atomic mass is 16.1. The first-order valence-electron chi connectivity index (χ1n) is 4.21. The third kappa shape index (κ3) is 1.74. The van der Waals surface area contributed by atoms with Crippen LogP contribution in [0.4, 0.5) is 0 Å². The Hall–Kier alpha value is -2.48. The molecule has 0 spiro atoms. The molecular formula is C10H6N4O. The van der Waals surface area contributed by atoms with Crippen molar-refractivity contribution in [2.75, 3.05) is 0 Å². The van der Waals surface area contributed by atoms with Gasteiger partial charge in [0.1, 0.15) is 5.69 Å². The Morgan fingerprint density at radius 2 is 2.33 bits per heavy atom. The number of aldehydes is 1. The molecule has 0 aliphatic rings. The van der Waals surface area contributed by atoms with Crippen molar-refractivity contribution in [1.82, 2.24) is 15.0 Å². The molecule has 72 valence electrons. The highest BCUT2D eigenvalue weighted by Gasteiger charge is 2.01. The van der Waals surface area contributed by atoms with E-state index in [0.29, 0.717) is 17.5 Å². The van der Waals surface area contributed by atoms with E-state index < -0.39 is 0 Å². The summed E-state index contributed by atoms with van der Waals surface area (Å²) in [5, 5.41) is 16.1. The molecule has 0 unspecified atom stereocenters. The lowest BCUT2D eigenvalue weighted by molar-refractivity contribution is 0.111. The zero-order valence-electron chi connectivity index (χ0n) is 7.66. The van der Waals surface area contributed by atoms with E-state index in [2.05, 4.69) is 10.3 Å². The Balaban J connectivity index is 2.45. The number of carbonyl (C=O) groups is 1. The largest absolute Gasteiger partial charge is 0.296 e. The molecule has 0 aliphatic heterocycles. The van der Waals surface area contributed by atoms with Crippen LogP contribution in [0.15, 0.2) is 30.5 Å². The van der Waals surface area contributed by atoms with Crippen molar-refractivity contribution in [3.05, 3.63) is 41.7 Å². The van der Waals surface area contributed by atoms with Gasteiger partial charge in [0.15, 0.2) is 6.29 Å². The molecule has 15 heavy (non-hydrogen) atoms. The summed E-state index contributed by atoms with van der Waals surface area (Å²) in [5.74, 6) is 0. The van der Waals surface area contributed by atoms with Crippen LogP contribution in [0.25, 0.3) is 5.69 Å². The standard InChI is InChI=1S/C10H6N4O/c11-5-8-2-1-3-10(4-8)14-6-9(7-15)12-13-14/h1-4,6-7H. The van der Waals surface area contributed by atoms with E-state index in [0.717, 1.165) is 0 Å². The zero-order chi connectivity index (χ0) is 10.7. The maximum absolute atomic E-state index is 10.4. The highest BCUT2D eigenvalue weighted by molar-refractivity contribution is 5.70. The molecule has 0 bridgehead atoms. The van der Waals surface area contributed by atoms with Crippen LogP contribution in [0.1, 0.15) is 16.1 Å². The Labute approximate surface area is 85.6 Å². The van der Waals surface area contributed by atoms with Crippen molar-refractivity contribution in [2.24, 2.45) is 0 Å². The van der Waals surface area contributed by atoms with Gasteiger partial charge in [0.2, 0.25) is 0 Å². The molecule has 1 aromatic carbocycles. The summed E-state index contributed by atoms with van der Waals surface area (Å²) in [5.41, 5.74) is 1.50. The van der Waals surface area contributed by atoms with Crippen LogP contribution < -0.4 is 0 Å². The van der Waals surface area contributed by atoms with Crippen LogP contribution in [-0.4, -0.2) is 21.3 Å². The van der Waals surface area contributed by atoms with Gasteiger partial charge >= 0.3 is 0 Å². The molecule has 0 atom stereocenters. The second-order valence-electron chi connectivity index (χ2n) is 2.87. The van der Waals surface area contributed by atoms with Crippen LogP contribution in [0, 0.1) is 11.3 Å². The van der Waals surface area contributed by atoms with Gasteiger partial charge in [-0.3, -0.25) is 4.79 Å². The van der Waals surface area contributed by atoms with E-state index in [1.54, 1.807) is 24.3 Å². The predicted octanol–water partition coefficient (Wildman–Crippen LogP) is 0.951. The molecule has 0 amide bonds. The lowest BCUT2D eigenvalue weighted by Gasteiger charge is -1.98. The van der Waals surface area contributed by atoms with E-state index in [1.807, 2.05) is 6.07 Å². The van der Waals surface area contributed by atoms with Crippen LogP contribution in [-0.2, 0) is 0 Å². The molecule has 0 radical (unpaired) electrons. The number of nitriles is 1. The number of nitrogens with zero attached hydrogens (tertiary/aromatic N) is 4. The van der Waals surface area contributed by atoms with Crippen LogP contribution >= 0.6 is 0 Å². The molecule has 1 aromatic heterocycles. The van der Waals surface area contributed by atoms with Gasteiger partial charge in [-0.05, 0) is 18.2 Å². The van der Waals surface area contributed by atoms with Crippen molar-refractivity contribution in [3.63, 3.8) is 0 Å². The molecule has 2 rings (SSSR count). The molecule has 0 saturated heterocycles. The van der Waals surface area contributed by atoms with Crippen LogP contribution in [0.5, 0.6) is 0 Å². The van der Waals surface area contributed by atoms with Gasteiger partial charge < -0.3 is 0 Å². The van der Waals surface area contributed by atoms with Crippen LogP contribution in [0.3, 0.4) is 0 Å². The molecule has 5 nitrogen and oxygen atoms in total. The molecule has 1 heterocycles. The van der Waals surface area contributed by atoms with Crippen molar-refractivity contribution >= 4 is 6.29 Å². The number of benzene rings is 1. The first-order chi connectivity index (χ1) is 7.33. The first kappa shape index (κ1) is 9.09. The maximum Gasteiger partial charge on any atom is 0.171 e. The number of carbonyl (C=O) groups excluding carboxylic acids is 1. The molecule has 0 aliphatic carbocycles. The quantitative estimate of drug-likeness (QED) is 0.673. The lowest BCUT2D eigenvalue weighted by atomic mass is 10.2. The summed E-state index contributed by atoms with van der Waals surface area (Å²) in [6, 6.07) is 8.92. The Bertz CT molecular complexity index is 538. The average molecular weight is 198 g/mol. The lowest BCUT2D eigenvalue weighted by Crippen LogP contribution is -1.94. The van der Waals surface area contributed by atoms with Gasteiger partial charge in [0.25, 0.3) is 0 Å². The van der Waals surface area contributed by atoms with E-state index in [-0.39, 0.29) is 5.69 Å². The number of hydrogen-bond acceptors (Lipinski definition) is 4. The van der Waals surface area contributed by atoms with E-state index in [9.17, 15) is 4.79 Å². The second-order valence-corrected chi connectivity index (χ2v) is 2.87. The van der Waals surface area contributed by atoms with Crippen molar-refractivity contribution in [2.45, 2.75) is 0 Å². The topological polar surface area (TPSA) is 71.6 Å². The maximum atomic E-state index is 10.4. The summed E-state index contributed by atoms with van der Waals surface area (Å²) < 4.78 is 1.45. The number of aromatic nitrogens is 3. The summed E-state index contributed by atoms with van der Waals surface area (Å²) in [6.07, 6.45) is 2.13. The number of rotatable bonds is 2. The summed E-state index contributed by atoms with van der Waals surface area (Å²) >= 11 is 0. The van der Waals surface area contributed by atoms with E-state index >= 15 is 0 Å². The van der Waals surface area contributed by atoms with Crippen LogP contribution in [0.2, 0.25) is 0 Å². The van der Waals surface area contributed by atoms with Gasteiger partial charge in [-0.1, -0.05) is 11.3 Å². The molecule has 2 aromatic rings. The Kier molecular flexibility index (Phi) is 2.25.